The lowest BCUT2D eigenvalue weighted by atomic mass is 10.2. The third-order valence-electron chi connectivity index (χ3n) is 1.64. The molecule has 2 amide bonds. The van der Waals surface area contributed by atoms with E-state index >= 15 is 0 Å². The van der Waals surface area contributed by atoms with Crippen molar-refractivity contribution < 1.29 is 13.9 Å². The highest BCUT2D eigenvalue weighted by atomic mass is 19.1. The van der Waals surface area contributed by atoms with Crippen LogP contribution in [0, 0.1) is 5.82 Å². The van der Waals surface area contributed by atoms with Gasteiger partial charge in [-0.1, -0.05) is 0 Å². The fourth-order valence-corrected chi connectivity index (χ4v) is 1.04. The molecule has 0 fully saturated rings. The van der Waals surface area contributed by atoms with Gasteiger partial charge in [0.2, 0.25) is 0 Å². The van der Waals surface area contributed by atoms with Gasteiger partial charge < -0.3 is 10.5 Å². The zero-order valence-corrected chi connectivity index (χ0v) is 8.74. The van der Waals surface area contributed by atoms with Crippen molar-refractivity contribution in [3.8, 4) is 5.75 Å². The SMILES string of the molecule is CCOc1ccc(C=NNC(N)=O)cc1F. The van der Waals surface area contributed by atoms with Crippen molar-refractivity contribution >= 4 is 12.2 Å². The van der Waals surface area contributed by atoms with Gasteiger partial charge in [0.1, 0.15) is 0 Å². The van der Waals surface area contributed by atoms with Gasteiger partial charge in [-0.15, -0.1) is 0 Å². The zero-order chi connectivity index (χ0) is 12.0. The minimum absolute atomic E-state index is 0.183. The number of hydrogen-bond donors (Lipinski definition) is 2. The minimum Gasteiger partial charge on any atom is -0.491 e. The molecule has 3 N–H and O–H groups in total. The summed E-state index contributed by atoms with van der Waals surface area (Å²) in [6.45, 7) is 2.17. The molecule has 0 bridgehead atoms. The molecule has 0 atom stereocenters. The van der Waals surface area contributed by atoms with E-state index in [1.165, 1.54) is 18.3 Å². The van der Waals surface area contributed by atoms with Gasteiger partial charge in [-0.05, 0) is 30.7 Å². The lowest BCUT2D eigenvalue weighted by Crippen LogP contribution is -2.24. The topological polar surface area (TPSA) is 76.7 Å². The van der Waals surface area contributed by atoms with E-state index in [0.29, 0.717) is 12.2 Å². The molecule has 0 saturated heterocycles. The highest BCUT2D eigenvalue weighted by Crippen LogP contribution is 2.17. The molecule has 0 radical (unpaired) electrons. The van der Waals surface area contributed by atoms with Crippen LogP contribution in [0.4, 0.5) is 9.18 Å². The molecule has 0 unspecified atom stereocenters. The molecular formula is C10H12FN3O2. The molecule has 1 aromatic carbocycles. The summed E-state index contributed by atoms with van der Waals surface area (Å²) in [4.78, 5) is 10.3. The van der Waals surface area contributed by atoms with Crippen LogP contribution in [-0.4, -0.2) is 18.9 Å². The average Bonchev–Trinajstić information content (AvgIpc) is 2.21. The predicted molar refractivity (Wildman–Crippen MR) is 57.9 cm³/mol. The van der Waals surface area contributed by atoms with E-state index < -0.39 is 11.8 Å². The number of carbonyl (C=O) groups is 1. The Morgan fingerprint density at radius 1 is 1.69 bits per heavy atom. The Morgan fingerprint density at radius 2 is 2.44 bits per heavy atom. The number of primary amides is 1. The summed E-state index contributed by atoms with van der Waals surface area (Å²) in [5.74, 6) is -0.299. The maximum absolute atomic E-state index is 13.3. The van der Waals surface area contributed by atoms with E-state index in [1.807, 2.05) is 5.43 Å². The normalized spacial score (nSPS) is 10.4. The molecule has 5 nitrogen and oxygen atoms in total. The van der Waals surface area contributed by atoms with Crippen LogP contribution in [0.2, 0.25) is 0 Å². The van der Waals surface area contributed by atoms with E-state index in [4.69, 9.17) is 10.5 Å². The molecule has 0 aliphatic carbocycles. The fourth-order valence-electron chi connectivity index (χ4n) is 1.04. The summed E-state index contributed by atoms with van der Waals surface area (Å²) in [6, 6.07) is 3.57. The van der Waals surface area contributed by atoms with E-state index in [-0.39, 0.29) is 5.75 Å². The van der Waals surface area contributed by atoms with Gasteiger partial charge in [0.15, 0.2) is 11.6 Å². The summed E-state index contributed by atoms with van der Waals surface area (Å²) in [5.41, 5.74) is 7.30. The third-order valence-corrected chi connectivity index (χ3v) is 1.64. The van der Waals surface area contributed by atoms with E-state index in [9.17, 15) is 9.18 Å². The Hall–Kier alpha value is -2.11. The number of nitrogens with one attached hydrogen (secondary N) is 1. The third kappa shape index (κ3) is 3.56. The zero-order valence-electron chi connectivity index (χ0n) is 8.74. The van der Waals surface area contributed by atoms with Gasteiger partial charge >= 0.3 is 6.03 Å². The smallest absolute Gasteiger partial charge is 0.332 e. The second-order valence-electron chi connectivity index (χ2n) is 2.86. The number of carbonyl (C=O) groups excluding carboxylic acids is 1. The van der Waals surface area contributed by atoms with Crippen LogP contribution >= 0.6 is 0 Å². The number of nitrogens with zero attached hydrogens (tertiary/aromatic N) is 1. The van der Waals surface area contributed by atoms with Crippen LogP contribution in [0.25, 0.3) is 0 Å². The standard InChI is InChI=1S/C10H12FN3O2/c1-2-16-9-4-3-7(5-8(9)11)6-13-14-10(12)15/h3-6H,2H2,1H3,(H3,12,14,15). The molecule has 1 aromatic rings. The molecular weight excluding hydrogens is 213 g/mol. The van der Waals surface area contributed by atoms with Crippen molar-refractivity contribution in [3.63, 3.8) is 0 Å². The first-order chi connectivity index (χ1) is 7.63. The van der Waals surface area contributed by atoms with Gasteiger partial charge in [-0.25, -0.2) is 14.6 Å². The number of urea groups is 1. The highest BCUT2D eigenvalue weighted by Gasteiger charge is 2.02. The summed E-state index contributed by atoms with van der Waals surface area (Å²) < 4.78 is 18.3. The van der Waals surface area contributed by atoms with Crippen molar-refractivity contribution in [1.29, 1.82) is 0 Å². The Morgan fingerprint density at radius 3 is 3.00 bits per heavy atom. The predicted octanol–water partition coefficient (Wildman–Crippen LogP) is 1.23. The van der Waals surface area contributed by atoms with Crippen LogP contribution in [-0.2, 0) is 0 Å². The van der Waals surface area contributed by atoms with E-state index in [0.717, 1.165) is 0 Å². The second-order valence-corrected chi connectivity index (χ2v) is 2.86. The Labute approximate surface area is 92.1 Å². The molecule has 86 valence electrons. The molecule has 0 saturated carbocycles. The molecule has 0 aliphatic rings. The minimum atomic E-state index is -0.775. The van der Waals surface area contributed by atoms with Crippen molar-refractivity contribution in [2.75, 3.05) is 6.61 Å². The first kappa shape index (κ1) is 12.0. The van der Waals surface area contributed by atoms with Gasteiger partial charge in [-0.3, -0.25) is 0 Å². The van der Waals surface area contributed by atoms with Crippen molar-refractivity contribution in [1.82, 2.24) is 5.43 Å². The lowest BCUT2D eigenvalue weighted by molar-refractivity contribution is 0.249. The fraction of sp³-hybridized carbons (Fsp3) is 0.200. The maximum Gasteiger partial charge on any atom is 0.332 e. The van der Waals surface area contributed by atoms with Crippen molar-refractivity contribution in [3.05, 3.63) is 29.6 Å². The highest BCUT2D eigenvalue weighted by molar-refractivity contribution is 5.81. The molecule has 16 heavy (non-hydrogen) atoms. The van der Waals surface area contributed by atoms with Crippen LogP contribution < -0.4 is 15.9 Å². The summed E-state index contributed by atoms with van der Waals surface area (Å²) in [7, 11) is 0. The average molecular weight is 225 g/mol. The molecule has 0 spiro atoms. The molecule has 0 aliphatic heterocycles. The Bertz CT molecular complexity index is 407. The Balaban J connectivity index is 2.73. The Kier molecular flexibility index (Phi) is 4.26. The van der Waals surface area contributed by atoms with Gasteiger partial charge in [-0.2, -0.15) is 5.10 Å². The molecule has 0 heterocycles. The van der Waals surface area contributed by atoms with E-state index in [2.05, 4.69) is 5.10 Å². The number of amides is 2. The first-order valence-corrected chi connectivity index (χ1v) is 4.64. The monoisotopic (exact) mass is 225 g/mol. The summed E-state index contributed by atoms with van der Waals surface area (Å²) in [6.07, 6.45) is 1.28. The number of halogens is 1. The summed E-state index contributed by atoms with van der Waals surface area (Å²) >= 11 is 0. The van der Waals surface area contributed by atoms with E-state index in [1.54, 1.807) is 13.0 Å². The van der Waals surface area contributed by atoms with Crippen LogP contribution in [0.1, 0.15) is 12.5 Å². The molecule has 0 aromatic heterocycles. The number of hydrogen-bond acceptors (Lipinski definition) is 3. The second kappa shape index (κ2) is 5.69. The van der Waals surface area contributed by atoms with Crippen LogP contribution in [0.3, 0.4) is 0 Å². The van der Waals surface area contributed by atoms with Gasteiger partial charge in [0.05, 0.1) is 12.8 Å². The van der Waals surface area contributed by atoms with Crippen LogP contribution in [0.5, 0.6) is 5.75 Å². The van der Waals surface area contributed by atoms with Crippen molar-refractivity contribution in [2.24, 2.45) is 10.8 Å². The number of nitrogens with two attached hydrogens (primary N) is 1. The quantitative estimate of drug-likeness (QED) is 0.597. The number of benzene rings is 1. The van der Waals surface area contributed by atoms with Crippen LogP contribution in [0.15, 0.2) is 23.3 Å². The summed E-state index contributed by atoms with van der Waals surface area (Å²) in [5, 5.41) is 3.50. The lowest BCUT2D eigenvalue weighted by Gasteiger charge is -2.04. The van der Waals surface area contributed by atoms with Crippen molar-refractivity contribution in [2.45, 2.75) is 6.92 Å². The maximum atomic E-state index is 13.3. The largest absolute Gasteiger partial charge is 0.491 e. The molecule has 6 heteroatoms. The number of ether oxygens (including phenoxy) is 1. The number of rotatable bonds is 4. The van der Waals surface area contributed by atoms with Gasteiger partial charge in [0, 0.05) is 0 Å². The number of hydrazone groups is 1. The van der Waals surface area contributed by atoms with Gasteiger partial charge in [0.25, 0.3) is 0 Å². The molecule has 1 rings (SSSR count). The first-order valence-electron chi connectivity index (χ1n) is 4.64.